The quantitative estimate of drug-likeness (QED) is 0.789. The van der Waals surface area contributed by atoms with E-state index in [0.29, 0.717) is 24.5 Å². The maximum absolute atomic E-state index is 11.7. The molecule has 1 aromatic rings. The number of hydrogen-bond acceptors (Lipinski definition) is 1. The number of rotatable bonds is 5. The SMILES string of the molecule is CCC(C)CC(=O)Cc1ccc(Br)cc1. The lowest BCUT2D eigenvalue weighted by atomic mass is 9.98. The Labute approximate surface area is 100 Å². The van der Waals surface area contributed by atoms with Crippen molar-refractivity contribution < 1.29 is 4.79 Å². The molecule has 0 amide bonds. The van der Waals surface area contributed by atoms with Crippen LogP contribution in [0.25, 0.3) is 0 Å². The first-order chi connectivity index (χ1) is 7.11. The lowest BCUT2D eigenvalue weighted by Gasteiger charge is -2.07. The molecule has 1 unspecified atom stereocenters. The number of Topliss-reactive ketones (excluding diaryl/α,β-unsaturated/α-hetero) is 1. The third-order valence-corrected chi connectivity index (χ3v) is 3.12. The molecule has 0 bridgehead atoms. The van der Waals surface area contributed by atoms with E-state index >= 15 is 0 Å². The van der Waals surface area contributed by atoms with Crippen LogP contribution in [0.5, 0.6) is 0 Å². The average molecular weight is 269 g/mol. The fraction of sp³-hybridized carbons (Fsp3) is 0.462. The topological polar surface area (TPSA) is 17.1 Å². The fourth-order valence-electron chi connectivity index (χ4n) is 1.44. The van der Waals surface area contributed by atoms with Gasteiger partial charge in [-0.1, -0.05) is 48.3 Å². The van der Waals surface area contributed by atoms with Crippen LogP contribution in [0.4, 0.5) is 0 Å². The van der Waals surface area contributed by atoms with Crippen molar-refractivity contribution in [3.8, 4) is 0 Å². The molecule has 0 heterocycles. The lowest BCUT2D eigenvalue weighted by molar-refractivity contribution is -0.119. The van der Waals surface area contributed by atoms with Gasteiger partial charge in [-0.25, -0.2) is 0 Å². The van der Waals surface area contributed by atoms with Gasteiger partial charge in [0.05, 0.1) is 0 Å². The molecule has 0 radical (unpaired) electrons. The van der Waals surface area contributed by atoms with Crippen molar-refractivity contribution in [1.82, 2.24) is 0 Å². The second-order valence-corrected chi connectivity index (χ2v) is 4.98. The van der Waals surface area contributed by atoms with E-state index in [0.717, 1.165) is 16.5 Å². The molecule has 1 rings (SSSR count). The van der Waals surface area contributed by atoms with Crippen molar-refractivity contribution in [1.29, 1.82) is 0 Å². The summed E-state index contributed by atoms with van der Waals surface area (Å²) in [6.07, 6.45) is 2.34. The van der Waals surface area contributed by atoms with Crippen molar-refractivity contribution >= 4 is 21.7 Å². The van der Waals surface area contributed by atoms with Gasteiger partial charge in [0, 0.05) is 17.3 Å². The number of halogens is 1. The highest BCUT2D eigenvalue weighted by molar-refractivity contribution is 9.10. The van der Waals surface area contributed by atoms with E-state index in [2.05, 4.69) is 29.8 Å². The number of ketones is 1. The van der Waals surface area contributed by atoms with Crippen molar-refractivity contribution in [2.45, 2.75) is 33.1 Å². The summed E-state index contributed by atoms with van der Waals surface area (Å²) in [5, 5.41) is 0. The smallest absolute Gasteiger partial charge is 0.137 e. The van der Waals surface area contributed by atoms with Gasteiger partial charge in [-0.05, 0) is 23.6 Å². The standard InChI is InChI=1S/C13H17BrO/c1-3-10(2)8-13(15)9-11-4-6-12(14)7-5-11/h4-7,10H,3,8-9H2,1-2H3. The van der Waals surface area contributed by atoms with E-state index in [1.165, 1.54) is 0 Å². The summed E-state index contributed by atoms with van der Waals surface area (Å²) >= 11 is 3.38. The summed E-state index contributed by atoms with van der Waals surface area (Å²) in [5.41, 5.74) is 1.10. The average Bonchev–Trinajstić information content (AvgIpc) is 2.21. The third kappa shape index (κ3) is 4.61. The van der Waals surface area contributed by atoms with Crippen LogP contribution in [0.2, 0.25) is 0 Å². The minimum atomic E-state index is 0.340. The van der Waals surface area contributed by atoms with E-state index < -0.39 is 0 Å². The molecule has 0 aromatic heterocycles. The van der Waals surface area contributed by atoms with Gasteiger partial charge < -0.3 is 0 Å². The first kappa shape index (κ1) is 12.4. The van der Waals surface area contributed by atoms with Crippen LogP contribution in [0.1, 0.15) is 32.3 Å². The highest BCUT2D eigenvalue weighted by Crippen LogP contribution is 2.13. The zero-order valence-electron chi connectivity index (χ0n) is 9.29. The van der Waals surface area contributed by atoms with E-state index in [4.69, 9.17) is 0 Å². The zero-order chi connectivity index (χ0) is 11.3. The van der Waals surface area contributed by atoms with E-state index in [9.17, 15) is 4.79 Å². The molecule has 0 aliphatic carbocycles. The molecular formula is C13H17BrO. The van der Waals surface area contributed by atoms with Crippen molar-refractivity contribution in [3.05, 3.63) is 34.3 Å². The molecule has 0 spiro atoms. The molecular weight excluding hydrogens is 252 g/mol. The number of benzene rings is 1. The molecule has 1 atom stereocenters. The number of hydrogen-bond donors (Lipinski definition) is 0. The Hall–Kier alpha value is -0.630. The summed E-state index contributed by atoms with van der Waals surface area (Å²) in [7, 11) is 0. The van der Waals surface area contributed by atoms with E-state index in [1.807, 2.05) is 24.3 Å². The number of carbonyl (C=O) groups is 1. The molecule has 2 heteroatoms. The van der Waals surface area contributed by atoms with Gasteiger partial charge in [0.25, 0.3) is 0 Å². The Morgan fingerprint density at radius 2 is 1.93 bits per heavy atom. The van der Waals surface area contributed by atoms with Crippen molar-refractivity contribution in [2.24, 2.45) is 5.92 Å². The highest BCUT2D eigenvalue weighted by atomic mass is 79.9. The normalized spacial score (nSPS) is 12.5. The predicted molar refractivity (Wildman–Crippen MR) is 66.9 cm³/mol. The van der Waals surface area contributed by atoms with Gasteiger partial charge in [0.2, 0.25) is 0 Å². The summed E-state index contributed by atoms with van der Waals surface area (Å²) in [6, 6.07) is 7.95. The fourth-order valence-corrected chi connectivity index (χ4v) is 1.70. The maximum atomic E-state index is 11.7. The molecule has 0 saturated heterocycles. The van der Waals surface area contributed by atoms with Crippen LogP contribution in [0.3, 0.4) is 0 Å². The zero-order valence-corrected chi connectivity index (χ0v) is 10.9. The molecule has 0 aliphatic heterocycles. The van der Waals surface area contributed by atoms with Crippen LogP contribution in [-0.2, 0) is 11.2 Å². The molecule has 1 nitrogen and oxygen atoms in total. The lowest BCUT2D eigenvalue weighted by Crippen LogP contribution is -2.07. The first-order valence-corrected chi connectivity index (χ1v) is 6.17. The first-order valence-electron chi connectivity index (χ1n) is 5.38. The molecule has 1 aromatic carbocycles. The van der Waals surface area contributed by atoms with E-state index in [-0.39, 0.29) is 0 Å². The molecule has 0 saturated carbocycles. The van der Waals surface area contributed by atoms with Gasteiger partial charge in [-0.3, -0.25) is 4.79 Å². The van der Waals surface area contributed by atoms with Crippen LogP contribution < -0.4 is 0 Å². The van der Waals surface area contributed by atoms with Crippen molar-refractivity contribution in [2.75, 3.05) is 0 Å². The predicted octanol–water partition coefficient (Wildman–Crippen LogP) is 4.00. The summed E-state index contributed by atoms with van der Waals surface area (Å²) in [4.78, 5) is 11.7. The van der Waals surface area contributed by atoms with Gasteiger partial charge >= 0.3 is 0 Å². The van der Waals surface area contributed by atoms with Crippen LogP contribution >= 0.6 is 15.9 Å². The third-order valence-electron chi connectivity index (χ3n) is 2.59. The monoisotopic (exact) mass is 268 g/mol. The second kappa shape index (κ2) is 6.06. The summed E-state index contributed by atoms with van der Waals surface area (Å²) in [6.45, 7) is 4.25. The Morgan fingerprint density at radius 1 is 1.33 bits per heavy atom. The molecule has 0 N–H and O–H groups in total. The largest absolute Gasteiger partial charge is 0.299 e. The molecule has 0 fully saturated rings. The van der Waals surface area contributed by atoms with Crippen molar-refractivity contribution in [3.63, 3.8) is 0 Å². The minimum absolute atomic E-state index is 0.340. The maximum Gasteiger partial charge on any atom is 0.137 e. The minimum Gasteiger partial charge on any atom is -0.299 e. The van der Waals surface area contributed by atoms with Gasteiger partial charge in [0.15, 0.2) is 0 Å². The van der Waals surface area contributed by atoms with Gasteiger partial charge in [0.1, 0.15) is 5.78 Å². The van der Waals surface area contributed by atoms with Crippen LogP contribution in [0, 0.1) is 5.92 Å². The Bertz CT molecular complexity index is 316. The molecule has 15 heavy (non-hydrogen) atoms. The van der Waals surface area contributed by atoms with Crippen LogP contribution in [0.15, 0.2) is 28.7 Å². The number of carbonyl (C=O) groups excluding carboxylic acids is 1. The van der Waals surface area contributed by atoms with Gasteiger partial charge in [-0.15, -0.1) is 0 Å². The second-order valence-electron chi connectivity index (χ2n) is 4.06. The highest BCUT2D eigenvalue weighted by Gasteiger charge is 2.08. The molecule has 0 aliphatic rings. The van der Waals surface area contributed by atoms with E-state index in [1.54, 1.807) is 0 Å². The summed E-state index contributed by atoms with van der Waals surface area (Å²) < 4.78 is 1.06. The Morgan fingerprint density at radius 3 is 2.47 bits per heavy atom. The Kier molecular flexibility index (Phi) is 5.03. The summed E-state index contributed by atoms with van der Waals surface area (Å²) in [5.74, 6) is 0.847. The Balaban J connectivity index is 2.48. The van der Waals surface area contributed by atoms with Gasteiger partial charge in [-0.2, -0.15) is 0 Å². The molecule has 82 valence electrons. The van der Waals surface area contributed by atoms with Crippen LogP contribution in [-0.4, -0.2) is 5.78 Å².